The fraction of sp³-hybridized carbons (Fsp3) is 0.222. The SMILES string of the molecule is CCOC(=O)c1ccc(NC(=O)NCCOc2ccc(F)cc2Cl)cc1. The van der Waals surface area contributed by atoms with Crippen LogP contribution in [0, 0.1) is 5.82 Å². The molecule has 6 nitrogen and oxygen atoms in total. The monoisotopic (exact) mass is 380 g/mol. The Labute approximate surface area is 155 Å². The maximum Gasteiger partial charge on any atom is 0.338 e. The van der Waals surface area contributed by atoms with Crippen molar-refractivity contribution < 1.29 is 23.5 Å². The van der Waals surface area contributed by atoms with E-state index in [4.69, 9.17) is 21.1 Å². The molecule has 0 heterocycles. The summed E-state index contributed by atoms with van der Waals surface area (Å²) in [4.78, 5) is 23.4. The van der Waals surface area contributed by atoms with Crippen molar-refractivity contribution >= 4 is 29.3 Å². The Balaban J connectivity index is 1.74. The van der Waals surface area contributed by atoms with Gasteiger partial charge in [0.05, 0.1) is 23.7 Å². The zero-order valence-corrected chi connectivity index (χ0v) is 14.8. The van der Waals surface area contributed by atoms with Gasteiger partial charge in [-0.15, -0.1) is 0 Å². The summed E-state index contributed by atoms with van der Waals surface area (Å²) in [5.41, 5.74) is 0.931. The Morgan fingerprint density at radius 2 is 1.88 bits per heavy atom. The van der Waals surface area contributed by atoms with E-state index in [0.29, 0.717) is 23.6 Å². The Kier molecular flexibility index (Phi) is 7.23. The lowest BCUT2D eigenvalue weighted by Gasteiger charge is -2.10. The molecule has 2 aromatic rings. The first-order valence-electron chi connectivity index (χ1n) is 7.89. The first-order valence-corrected chi connectivity index (χ1v) is 8.27. The quantitative estimate of drug-likeness (QED) is 0.565. The Morgan fingerprint density at radius 1 is 1.15 bits per heavy atom. The number of amides is 2. The van der Waals surface area contributed by atoms with Crippen molar-refractivity contribution in [3.8, 4) is 5.75 Å². The number of ether oxygens (including phenoxy) is 2. The van der Waals surface area contributed by atoms with E-state index in [1.807, 2.05) is 0 Å². The highest BCUT2D eigenvalue weighted by atomic mass is 35.5. The topological polar surface area (TPSA) is 76.7 Å². The van der Waals surface area contributed by atoms with E-state index in [-0.39, 0.29) is 18.2 Å². The van der Waals surface area contributed by atoms with Gasteiger partial charge in [-0.1, -0.05) is 11.6 Å². The normalized spacial score (nSPS) is 10.1. The number of nitrogens with one attached hydrogen (secondary N) is 2. The molecule has 2 N–H and O–H groups in total. The van der Waals surface area contributed by atoms with E-state index in [1.165, 1.54) is 12.1 Å². The largest absolute Gasteiger partial charge is 0.490 e. The molecule has 0 fully saturated rings. The van der Waals surface area contributed by atoms with Crippen LogP contribution in [0.15, 0.2) is 42.5 Å². The van der Waals surface area contributed by atoms with Gasteiger partial charge in [-0.25, -0.2) is 14.0 Å². The van der Waals surface area contributed by atoms with Crippen LogP contribution in [-0.2, 0) is 4.74 Å². The highest BCUT2D eigenvalue weighted by molar-refractivity contribution is 6.32. The molecule has 0 saturated heterocycles. The summed E-state index contributed by atoms with van der Waals surface area (Å²) in [6.45, 7) is 2.42. The van der Waals surface area contributed by atoms with Gasteiger partial charge in [0, 0.05) is 5.69 Å². The molecule has 2 amide bonds. The van der Waals surface area contributed by atoms with Gasteiger partial charge >= 0.3 is 12.0 Å². The van der Waals surface area contributed by atoms with Crippen LogP contribution in [0.1, 0.15) is 17.3 Å². The van der Waals surface area contributed by atoms with Crippen LogP contribution in [-0.4, -0.2) is 31.8 Å². The van der Waals surface area contributed by atoms with Crippen molar-refractivity contribution in [3.05, 3.63) is 58.9 Å². The van der Waals surface area contributed by atoms with Gasteiger partial charge < -0.3 is 20.1 Å². The summed E-state index contributed by atoms with van der Waals surface area (Å²) in [5, 5.41) is 5.39. The average Bonchev–Trinajstić information content (AvgIpc) is 2.61. The molecule has 0 radical (unpaired) electrons. The highest BCUT2D eigenvalue weighted by Crippen LogP contribution is 2.24. The van der Waals surface area contributed by atoms with E-state index >= 15 is 0 Å². The van der Waals surface area contributed by atoms with E-state index in [9.17, 15) is 14.0 Å². The molecule has 0 saturated carbocycles. The smallest absolute Gasteiger partial charge is 0.338 e. The van der Waals surface area contributed by atoms with Crippen LogP contribution in [0.2, 0.25) is 5.02 Å². The number of urea groups is 1. The number of rotatable bonds is 7. The van der Waals surface area contributed by atoms with Crippen LogP contribution in [0.3, 0.4) is 0 Å². The molecule has 0 aromatic heterocycles. The third kappa shape index (κ3) is 5.93. The molecular weight excluding hydrogens is 363 g/mol. The molecule has 138 valence electrons. The van der Waals surface area contributed by atoms with Crippen molar-refractivity contribution in [2.45, 2.75) is 6.92 Å². The lowest BCUT2D eigenvalue weighted by Crippen LogP contribution is -2.32. The molecule has 0 spiro atoms. The highest BCUT2D eigenvalue weighted by Gasteiger charge is 2.07. The van der Waals surface area contributed by atoms with Crippen molar-refractivity contribution in [2.75, 3.05) is 25.1 Å². The number of anilines is 1. The maximum atomic E-state index is 12.9. The summed E-state index contributed by atoms with van der Waals surface area (Å²) in [7, 11) is 0. The van der Waals surface area contributed by atoms with Crippen LogP contribution in [0.25, 0.3) is 0 Å². The van der Waals surface area contributed by atoms with Gasteiger partial charge in [-0.05, 0) is 49.4 Å². The first kappa shape index (κ1) is 19.5. The summed E-state index contributed by atoms with van der Waals surface area (Å²) < 4.78 is 23.2. The van der Waals surface area contributed by atoms with Crippen LogP contribution < -0.4 is 15.4 Å². The number of carbonyl (C=O) groups is 2. The van der Waals surface area contributed by atoms with Crippen LogP contribution >= 0.6 is 11.6 Å². The number of halogens is 2. The summed E-state index contributed by atoms with van der Waals surface area (Å²) in [5.74, 6) is -0.529. The number of benzene rings is 2. The molecule has 0 unspecified atom stereocenters. The van der Waals surface area contributed by atoms with E-state index in [0.717, 1.165) is 6.07 Å². The van der Waals surface area contributed by atoms with Crippen molar-refractivity contribution in [2.24, 2.45) is 0 Å². The first-order chi connectivity index (χ1) is 12.5. The Bertz CT molecular complexity index is 768. The fourth-order valence-corrected chi connectivity index (χ4v) is 2.22. The predicted molar refractivity (Wildman–Crippen MR) is 96.3 cm³/mol. The molecule has 0 atom stereocenters. The second-order valence-electron chi connectivity index (χ2n) is 5.10. The summed E-state index contributed by atoms with van der Waals surface area (Å²) in [6, 6.07) is 9.70. The number of hydrogen-bond donors (Lipinski definition) is 2. The zero-order valence-electron chi connectivity index (χ0n) is 14.1. The van der Waals surface area contributed by atoms with E-state index in [2.05, 4.69) is 10.6 Å². The Hall–Kier alpha value is -2.80. The van der Waals surface area contributed by atoms with Gasteiger partial charge in [-0.2, -0.15) is 0 Å². The number of hydrogen-bond acceptors (Lipinski definition) is 4. The molecule has 0 aliphatic heterocycles. The average molecular weight is 381 g/mol. The minimum Gasteiger partial charge on any atom is -0.490 e. The summed E-state index contributed by atoms with van der Waals surface area (Å²) >= 11 is 5.84. The predicted octanol–water partition coefficient (Wildman–Crippen LogP) is 3.86. The second-order valence-corrected chi connectivity index (χ2v) is 5.51. The van der Waals surface area contributed by atoms with Crippen LogP contribution in [0.5, 0.6) is 5.75 Å². The minimum atomic E-state index is -0.450. The van der Waals surface area contributed by atoms with Gasteiger partial charge in [0.1, 0.15) is 18.2 Å². The third-order valence-electron chi connectivity index (χ3n) is 3.19. The minimum absolute atomic E-state index is 0.163. The molecule has 8 heteroatoms. The maximum absolute atomic E-state index is 12.9. The fourth-order valence-electron chi connectivity index (χ4n) is 2.00. The van der Waals surface area contributed by atoms with Gasteiger partial charge in [0.2, 0.25) is 0 Å². The van der Waals surface area contributed by atoms with Crippen LogP contribution in [0.4, 0.5) is 14.9 Å². The molecular formula is C18H18ClFN2O4. The standard InChI is InChI=1S/C18H18ClFN2O4/c1-2-25-17(23)12-3-6-14(7-4-12)22-18(24)21-9-10-26-16-8-5-13(20)11-15(16)19/h3-8,11H,2,9-10H2,1H3,(H2,21,22,24). The molecule has 2 aromatic carbocycles. The lowest BCUT2D eigenvalue weighted by atomic mass is 10.2. The van der Waals surface area contributed by atoms with Crippen molar-refractivity contribution in [3.63, 3.8) is 0 Å². The number of carbonyl (C=O) groups excluding carboxylic acids is 2. The van der Waals surface area contributed by atoms with E-state index in [1.54, 1.807) is 31.2 Å². The molecule has 0 aliphatic carbocycles. The third-order valence-corrected chi connectivity index (χ3v) is 3.49. The summed E-state index contributed by atoms with van der Waals surface area (Å²) in [6.07, 6.45) is 0. The Morgan fingerprint density at radius 3 is 2.54 bits per heavy atom. The molecule has 26 heavy (non-hydrogen) atoms. The van der Waals surface area contributed by atoms with Crippen molar-refractivity contribution in [1.82, 2.24) is 5.32 Å². The second kappa shape index (κ2) is 9.62. The van der Waals surface area contributed by atoms with Gasteiger partial charge in [0.25, 0.3) is 0 Å². The molecule has 0 bridgehead atoms. The van der Waals surface area contributed by atoms with Gasteiger partial charge in [0.15, 0.2) is 0 Å². The molecule has 2 rings (SSSR count). The number of esters is 1. The lowest BCUT2D eigenvalue weighted by molar-refractivity contribution is 0.0526. The molecule has 0 aliphatic rings. The van der Waals surface area contributed by atoms with Gasteiger partial charge in [-0.3, -0.25) is 0 Å². The van der Waals surface area contributed by atoms with E-state index < -0.39 is 17.8 Å². The van der Waals surface area contributed by atoms with Crippen molar-refractivity contribution in [1.29, 1.82) is 0 Å². The zero-order chi connectivity index (χ0) is 18.9.